The molecule has 3 unspecified atom stereocenters. The Bertz CT molecular complexity index is 473. The number of anilines is 1. The van der Waals surface area contributed by atoms with E-state index >= 15 is 0 Å². The number of benzene rings is 1. The number of aliphatic hydroxyl groups is 1. The summed E-state index contributed by atoms with van der Waals surface area (Å²) in [4.78, 5) is 12.4. The van der Waals surface area contributed by atoms with Crippen LogP contribution in [0.15, 0.2) is 24.3 Å². The van der Waals surface area contributed by atoms with E-state index in [0.29, 0.717) is 5.69 Å². The van der Waals surface area contributed by atoms with Gasteiger partial charge in [0.2, 0.25) is 5.91 Å². The summed E-state index contributed by atoms with van der Waals surface area (Å²) < 4.78 is 0. The molecule has 1 fully saturated rings. The van der Waals surface area contributed by atoms with Crippen LogP contribution in [-0.2, 0) is 4.79 Å². The summed E-state index contributed by atoms with van der Waals surface area (Å²) >= 11 is 0. The minimum atomic E-state index is -0.610. The second kappa shape index (κ2) is 5.31. The Morgan fingerprint density at radius 1 is 1.53 bits per heavy atom. The van der Waals surface area contributed by atoms with E-state index in [1.807, 2.05) is 31.2 Å². The van der Waals surface area contributed by atoms with Crippen LogP contribution in [0.5, 0.6) is 0 Å². The quantitative estimate of drug-likeness (QED) is 0.781. The fourth-order valence-electron chi connectivity index (χ4n) is 2.72. The molecular weight excluding hydrogens is 240 g/mol. The van der Waals surface area contributed by atoms with Crippen molar-refractivity contribution in [3.8, 4) is 0 Å². The predicted octanol–water partition coefficient (Wildman–Crippen LogP) is 2.20. The molecule has 0 bridgehead atoms. The third kappa shape index (κ3) is 2.65. The van der Waals surface area contributed by atoms with Crippen molar-refractivity contribution >= 4 is 11.6 Å². The minimum Gasteiger partial charge on any atom is -0.389 e. The predicted molar refractivity (Wildman–Crippen MR) is 75.6 cm³/mol. The van der Waals surface area contributed by atoms with Crippen molar-refractivity contribution in [1.29, 1.82) is 0 Å². The minimum absolute atomic E-state index is 0.0504. The molecule has 4 heteroatoms. The van der Waals surface area contributed by atoms with Crippen LogP contribution < -0.4 is 11.1 Å². The van der Waals surface area contributed by atoms with Crippen LogP contribution in [0, 0.1) is 5.41 Å². The van der Waals surface area contributed by atoms with E-state index < -0.39 is 11.5 Å². The average Bonchev–Trinajstić information content (AvgIpc) is 2.71. The van der Waals surface area contributed by atoms with Crippen molar-refractivity contribution in [2.24, 2.45) is 11.1 Å². The third-order valence-electron chi connectivity index (χ3n) is 4.21. The number of nitrogens with two attached hydrogens (primary N) is 1. The number of hydrogen-bond acceptors (Lipinski definition) is 3. The Labute approximate surface area is 114 Å². The van der Waals surface area contributed by atoms with Gasteiger partial charge in [0.25, 0.3) is 0 Å². The van der Waals surface area contributed by atoms with Gasteiger partial charge in [0, 0.05) is 17.3 Å². The van der Waals surface area contributed by atoms with Crippen LogP contribution >= 0.6 is 0 Å². The average molecular weight is 262 g/mol. The summed E-state index contributed by atoms with van der Waals surface area (Å²) in [5.74, 6) is -0.0504. The smallest absolute Gasteiger partial charge is 0.231 e. The molecule has 0 aromatic heterocycles. The van der Waals surface area contributed by atoms with Crippen LogP contribution in [0.3, 0.4) is 0 Å². The Hall–Kier alpha value is -1.39. The zero-order chi connectivity index (χ0) is 14.0. The Balaban J connectivity index is 2.20. The molecule has 0 saturated heterocycles. The first-order chi connectivity index (χ1) is 8.95. The highest BCUT2D eigenvalue weighted by Gasteiger charge is 2.43. The number of carbonyl (C=O) groups excluding carboxylic acids is 1. The highest BCUT2D eigenvalue weighted by molar-refractivity contribution is 5.96. The first-order valence-corrected chi connectivity index (χ1v) is 6.79. The molecule has 104 valence electrons. The van der Waals surface area contributed by atoms with Crippen LogP contribution in [0.25, 0.3) is 0 Å². The maximum Gasteiger partial charge on any atom is 0.231 e. The van der Waals surface area contributed by atoms with Crippen LogP contribution in [0.1, 0.15) is 44.8 Å². The van der Waals surface area contributed by atoms with E-state index in [9.17, 15) is 9.90 Å². The largest absolute Gasteiger partial charge is 0.389 e. The highest BCUT2D eigenvalue weighted by Crippen LogP contribution is 2.38. The van der Waals surface area contributed by atoms with Gasteiger partial charge in [-0.3, -0.25) is 4.79 Å². The lowest BCUT2D eigenvalue weighted by Crippen LogP contribution is -2.44. The summed E-state index contributed by atoms with van der Waals surface area (Å²) in [5.41, 5.74) is 6.94. The van der Waals surface area contributed by atoms with E-state index in [1.165, 1.54) is 0 Å². The standard InChI is InChI=1S/C15H22N2O2/c1-10(18)11-6-3-4-7-12(11)17-14(19)15(2)9-5-8-13(15)16/h3-4,6-7,10,13,18H,5,8-9,16H2,1-2H3,(H,17,19). The van der Waals surface area contributed by atoms with E-state index in [1.54, 1.807) is 6.92 Å². The molecule has 1 aromatic carbocycles. The SMILES string of the molecule is CC(O)c1ccccc1NC(=O)C1(C)CCCC1N. The second-order valence-corrected chi connectivity index (χ2v) is 5.63. The first kappa shape index (κ1) is 14.0. The number of rotatable bonds is 3. The molecule has 4 nitrogen and oxygen atoms in total. The number of nitrogens with one attached hydrogen (secondary N) is 1. The lowest BCUT2D eigenvalue weighted by Gasteiger charge is -2.28. The first-order valence-electron chi connectivity index (χ1n) is 6.79. The van der Waals surface area contributed by atoms with E-state index in [-0.39, 0.29) is 11.9 Å². The van der Waals surface area contributed by atoms with Gasteiger partial charge in [0.05, 0.1) is 11.5 Å². The monoisotopic (exact) mass is 262 g/mol. The fraction of sp³-hybridized carbons (Fsp3) is 0.533. The summed E-state index contributed by atoms with van der Waals surface area (Å²) in [6.07, 6.45) is 2.09. The molecular formula is C15H22N2O2. The lowest BCUT2D eigenvalue weighted by molar-refractivity contribution is -0.125. The Morgan fingerprint density at radius 3 is 2.79 bits per heavy atom. The van der Waals surface area contributed by atoms with Crippen LogP contribution in [0.4, 0.5) is 5.69 Å². The van der Waals surface area contributed by atoms with E-state index in [2.05, 4.69) is 5.32 Å². The number of aliphatic hydroxyl groups excluding tert-OH is 1. The van der Waals surface area contributed by atoms with E-state index in [0.717, 1.165) is 24.8 Å². The molecule has 0 spiro atoms. The van der Waals surface area contributed by atoms with E-state index in [4.69, 9.17) is 5.73 Å². The third-order valence-corrected chi connectivity index (χ3v) is 4.21. The highest BCUT2D eigenvalue weighted by atomic mass is 16.3. The molecule has 2 rings (SSSR count). The van der Waals surface area contributed by atoms with Crippen LogP contribution in [0.2, 0.25) is 0 Å². The van der Waals surface area contributed by atoms with Gasteiger partial charge in [-0.25, -0.2) is 0 Å². The maximum absolute atomic E-state index is 12.4. The van der Waals surface area contributed by atoms with Crippen molar-refractivity contribution in [1.82, 2.24) is 0 Å². The molecule has 1 aromatic rings. The van der Waals surface area contributed by atoms with Crippen LogP contribution in [-0.4, -0.2) is 17.1 Å². The van der Waals surface area contributed by atoms with Gasteiger partial charge in [-0.15, -0.1) is 0 Å². The lowest BCUT2D eigenvalue weighted by atomic mass is 9.84. The summed E-state index contributed by atoms with van der Waals surface area (Å²) in [6, 6.07) is 7.23. The Kier molecular flexibility index (Phi) is 3.92. The van der Waals surface area contributed by atoms with Gasteiger partial charge in [0.15, 0.2) is 0 Å². The fourth-order valence-corrected chi connectivity index (χ4v) is 2.72. The molecule has 1 aliphatic carbocycles. The molecule has 1 aliphatic rings. The normalized spacial score (nSPS) is 28.1. The molecule has 3 atom stereocenters. The van der Waals surface area contributed by atoms with Crippen molar-refractivity contribution in [3.63, 3.8) is 0 Å². The van der Waals surface area contributed by atoms with Crippen molar-refractivity contribution in [2.45, 2.75) is 45.3 Å². The maximum atomic E-state index is 12.4. The van der Waals surface area contributed by atoms with Gasteiger partial charge in [0.1, 0.15) is 0 Å². The van der Waals surface area contributed by atoms with Crippen molar-refractivity contribution < 1.29 is 9.90 Å². The zero-order valence-corrected chi connectivity index (χ0v) is 11.5. The molecule has 1 saturated carbocycles. The molecule has 19 heavy (non-hydrogen) atoms. The van der Waals surface area contributed by atoms with Crippen molar-refractivity contribution in [3.05, 3.63) is 29.8 Å². The summed E-state index contributed by atoms with van der Waals surface area (Å²) in [5, 5.41) is 12.6. The number of hydrogen-bond donors (Lipinski definition) is 3. The van der Waals surface area contributed by atoms with Gasteiger partial charge in [-0.05, 0) is 32.8 Å². The molecule has 4 N–H and O–H groups in total. The molecule has 0 aliphatic heterocycles. The van der Waals surface area contributed by atoms with Gasteiger partial charge >= 0.3 is 0 Å². The molecule has 1 amide bonds. The number of para-hydroxylation sites is 1. The summed E-state index contributed by atoms with van der Waals surface area (Å²) in [6.45, 7) is 3.61. The van der Waals surface area contributed by atoms with Crippen molar-refractivity contribution in [2.75, 3.05) is 5.32 Å². The topological polar surface area (TPSA) is 75.3 Å². The molecule has 0 radical (unpaired) electrons. The van der Waals surface area contributed by atoms with Gasteiger partial charge < -0.3 is 16.2 Å². The van der Waals surface area contributed by atoms with Gasteiger partial charge in [-0.2, -0.15) is 0 Å². The zero-order valence-electron chi connectivity index (χ0n) is 11.5. The summed E-state index contributed by atoms with van der Waals surface area (Å²) in [7, 11) is 0. The number of carbonyl (C=O) groups is 1. The van der Waals surface area contributed by atoms with Gasteiger partial charge in [-0.1, -0.05) is 24.6 Å². The second-order valence-electron chi connectivity index (χ2n) is 5.63. The molecule has 0 heterocycles. The Morgan fingerprint density at radius 2 is 2.21 bits per heavy atom. The number of amides is 1.